The van der Waals surface area contributed by atoms with Crippen molar-refractivity contribution in [2.45, 2.75) is 12.6 Å². The smallest absolute Gasteiger partial charge is 0.120 e. The molecule has 0 radical (unpaired) electrons. The Morgan fingerprint density at radius 3 is 2.90 bits per heavy atom. The van der Waals surface area contributed by atoms with Crippen LogP contribution in [0.25, 0.3) is 10.8 Å². The Balaban J connectivity index is 1.68. The predicted octanol–water partition coefficient (Wildman–Crippen LogP) is 2.05. The van der Waals surface area contributed by atoms with Crippen LogP contribution in [-0.2, 0) is 16.0 Å². The molecule has 0 saturated carbocycles. The van der Waals surface area contributed by atoms with E-state index in [9.17, 15) is 5.11 Å². The second-order valence-corrected chi connectivity index (χ2v) is 4.98. The maximum absolute atomic E-state index is 10.0. The average molecular weight is 273 g/mol. The van der Waals surface area contributed by atoms with Gasteiger partial charge in [0.2, 0.25) is 0 Å². The zero-order valence-corrected chi connectivity index (χ0v) is 11.3. The number of phenols is 1. The Morgan fingerprint density at radius 2 is 2.05 bits per heavy atom. The zero-order chi connectivity index (χ0) is 13.8. The number of hydrogen-bond acceptors (Lipinski definition) is 4. The van der Waals surface area contributed by atoms with Crippen LogP contribution < -0.4 is 5.32 Å². The van der Waals surface area contributed by atoms with Gasteiger partial charge in [0.15, 0.2) is 0 Å². The van der Waals surface area contributed by atoms with E-state index in [1.54, 1.807) is 6.07 Å². The number of benzene rings is 2. The molecule has 4 nitrogen and oxygen atoms in total. The van der Waals surface area contributed by atoms with Gasteiger partial charge in [0.25, 0.3) is 0 Å². The monoisotopic (exact) mass is 273 g/mol. The first kappa shape index (κ1) is 13.4. The van der Waals surface area contributed by atoms with Gasteiger partial charge in [-0.15, -0.1) is 0 Å². The van der Waals surface area contributed by atoms with Crippen LogP contribution in [0, 0.1) is 0 Å². The second kappa shape index (κ2) is 6.22. The maximum Gasteiger partial charge on any atom is 0.120 e. The minimum Gasteiger partial charge on any atom is -0.508 e. The molecule has 1 heterocycles. The van der Waals surface area contributed by atoms with Crippen LogP contribution in [0.2, 0.25) is 0 Å². The lowest BCUT2D eigenvalue weighted by molar-refractivity contribution is -0.0864. The summed E-state index contributed by atoms with van der Waals surface area (Å²) in [6, 6.07) is 11.8. The van der Waals surface area contributed by atoms with E-state index in [0.717, 1.165) is 22.9 Å². The van der Waals surface area contributed by atoms with E-state index in [1.165, 1.54) is 0 Å². The topological polar surface area (TPSA) is 50.7 Å². The third kappa shape index (κ3) is 2.93. The first-order valence-electron chi connectivity index (χ1n) is 6.94. The molecule has 3 rings (SSSR count). The van der Waals surface area contributed by atoms with Crippen LogP contribution in [0.5, 0.6) is 5.75 Å². The fourth-order valence-corrected chi connectivity index (χ4v) is 2.52. The molecule has 0 aliphatic carbocycles. The molecule has 1 aliphatic heterocycles. The maximum atomic E-state index is 10.0. The Kier molecular flexibility index (Phi) is 4.16. The Morgan fingerprint density at radius 1 is 1.15 bits per heavy atom. The second-order valence-electron chi connectivity index (χ2n) is 4.98. The number of aromatic hydroxyl groups is 1. The van der Waals surface area contributed by atoms with Gasteiger partial charge in [-0.05, 0) is 16.8 Å². The summed E-state index contributed by atoms with van der Waals surface area (Å²) in [7, 11) is 0. The summed E-state index contributed by atoms with van der Waals surface area (Å²) in [5.41, 5.74) is 0.930. The lowest BCUT2D eigenvalue weighted by Crippen LogP contribution is -2.37. The third-order valence-corrected chi connectivity index (χ3v) is 3.57. The molecule has 0 spiro atoms. The highest BCUT2D eigenvalue weighted by molar-refractivity contribution is 5.87. The number of hydrogen-bond donors (Lipinski definition) is 2. The molecular weight excluding hydrogens is 254 g/mol. The van der Waals surface area contributed by atoms with Crippen molar-refractivity contribution in [3.8, 4) is 5.75 Å². The summed E-state index contributed by atoms with van der Waals surface area (Å²) in [5, 5.41) is 15.6. The van der Waals surface area contributed by atoms with Crippen molar-refractivity contribution in [1.29, 1.82) is 0 Å². The summed E-state index contributed by atoms with van der Waals surface area (Å²) >= 11 is 0. The lowest BCUT2D eigenvalue weighted by Gasteiger charge is -2.23. The van der Waals surface area contributed by atoms with Gasteiger partial charge in [0, 0.05) is 18.7 Å². The minimum absolute atomic E-state index is 0.0980. The van der Waals surface area contributed by atoms with Crippen LogP contribution in [0.1, 0.15) is 5.56 Å². The molecule has 20 heavy (non-hydrogen) atoms. The molecule has 1 saturated heterocycles. The number of fused-ring (bicyclic) bond motifs is 1. The van der Waals surface area contributed by atoms with Crippen LogP contribution in [0.3, 0.4) is 0 Å². The highest BCUT2D eigenvalue weighted by Crippen LogP contribution is 2.26. The highest BCUT2D eigenvalue weighted by atomic mass is 16.6. The minimum atomic E-state index is 0.0980. The van der Waals surface area contributed by atoms with E-state index in [1.807, 2.05) is 24.3 Å². The van der Waals surface area contributed by atoms with E-state index in [2.05, 4.69) is 11.4 Å². The summed E-state index contributed by atoms with van der Waals surface area (Å²) in [6.07, 6.45) is 0.0980. The normalized spacial score (nSPS) is 19.3. The Hall–Kier alpha value is -1.62. The van der Waals surface area contributed by atoms with Crippen molar-refractivity contribution in [1.82, 2.24) is 5.32 Å². The molecule has 1 aliphatic rings. The molecule has 0 aromatic heterocycles. The predicted molar refractivity (Wildman–Crippen MR) is 77.9 cm³/mol. The van der Waals surface area contributed by atoms with E-state index < -0.39 is 0 Å². The van der Waals surface area contributed by atoms with E-state index >= 15 is 0 Å². The van der Waals surface area contributed by atoms with Gasteiger partial charge in [0.05, 0.1) is 25.9 Å². The average Bonchev–Trinajstić information content (AvgIpc) is 2.50. The Labute approximate surface area is 118 Å². The summed E-state index contributed by atoms with van der Waals surface area (Å²) in [4.78, 5) is 0. The van der Waals surface area contributed by atoms with Gasteiger partial charge in [-0.3, -0.25) is 0 Å². The van der Waals surface area contributed by atoms with Crippen LogP contribution >= 0.6 is 0 Å². The van der Waals surface area contributed by atoms with Gasteiger partial charge in [-0.25, -0.2) is 0 Å². The first-order chi connectivity index (χ1) is 9.84. The van der Waals surface area contributed by atoms with E-state index in [0.29, 0.717) is 32.1 Å². The van der Waals surface area contributed by atoms with Crippen LogP contribution in [-0.4, -0.2) is 37.6 Å². The fourth-order valence-electron chi connectivity index (χ4n) is 2.52. The van der Waals surface area contributed by atoms with Gasteiger partial charge in [-0.2, -0.15) is 0 Å². The molecule has 1 unspecified atom stereocenters. The van der Waals surface area contributed by atoms with Crippen LogP contribution in [0.4, 0.5) is 0 Å². The fraction of sp³-hybridized carbons (Fsp3) is 0.375. The molecule has 2 aromatic rings. The zero-order valence-electron chi connectivity index (χ0n) is 11.3. The van der Waals surface area contributed by atoms with Crippen molar-refractivity contribution in [2.24, 2.45) is 0 Å². The molecule has 2 N–H and O–H groups in total. The first-order valence-corrected chi connectivity index (χ1v) is 6.94. The number of phenolic OH excluding ortho intramolecular Hbond substituents is 1. The van der Waals surface area contributed by atoms with Crippen molar-refractivity contribution < 1.29 is 14.6 Å². The van der Waals surface area contributed by atoms with Crippen molar-refractivity contribution >= 4 is 10.8 Å². The van der Waals surface area contributed by atoms with Crippen molar-refractivity contribution in [2.75, 3.05) is 26.4 Å². The van der Waals surface area contributed by atoms with Crippen LogP contribution in [0.15, 0.2) is 36.4 Å². The molecule has 4 heteroatoms. The third-order valence-electron chi connectivity index (χ3n) is 3.57. The van der Waals surface area contributed by atoms with E-state index in [-0.39, 0.29) is 6.10 Å². The van der Waals surface area contributed by atoms with Crippen molar-refractivity contribution in [3.63, 3.8) is 0 Å². The number of ether oxygens (including phenoxy) is 2. The van der Waals surface area contributed by atoms with Gasteiger partial charge >= 0.3 is 0 Å². The Bertz CT molecular complexity index is 579. The summed E-state index contributed by atoms with van der Waals surface area (Å²) < 4.78 is 10.9. The molecule has 1 atom stereocenters. The molecular formula is C16H19NO3. The van der Waals surface area contributed by atoms with Gasteiger partial charge in [-0.1, -0.05) is 30.3 Å². The number of rotatable bonds is 4. The van der Waals surface area contributed by atoms with Gasteiger partial charge < -0.3 is 19.9 Å². The molecule has 106 valence electrons. The molecule has 0 amide bonds. The SMILES string of the molecule is Oc1ccc2ccccc2c1CNCC1COCCO1. The lowest BCUT2D eigenvalue weighted by atomic mass is 10.0. The molecule has 1 fully saturated rings. The quantitative estimate of drug-likeness (QED) is 0.895. The highest BCUT2D eigenvalue weighted by Gasteiger charge is 2.14. The van der Waals surface area contributed by atoms with E-state index in [4.69, 9.17) is 9.47 Å². The standard InChI is InChI=1S/C16H19NO3/c18-16-6-5-12-3-1-2-4-14(12)15(16)10-17-9-13-11-19-7-8-20-13/h1-6,13,17-18H,7-11H2. The van der Waals surface area contributed by atoms with Crippen molar-refractivity contribution in [3.05, 3.63) is 42.0 Å². The van der Waals surface area contributed by atoms with Gasteiger partial charge in [0.1, 0.15) is 5.75 Å². The molecule has 2 aromatic carbocycles. The largest absolute Gasteiger partial charge is 0.508 e. The molecule has 0 bridgehead atoms. The number of nitrogens with one attached hydrogen (secondary N) is 1. The summed E-state index contributed by atoms with van der Waals surface area (Å²) in [6.45, 7) is 3.32. The summed E-state index contributed by atoms with van der Waals surface area (Å²) in [5.74, 6) is 0.331.